The molecular formula is C57H36N4O. The van der Waals surface area contributed by atoms with Crippen LogP contribution >= 0.6 is 0 Å². The Morgan fingerprint density at radius 1 is 0.323 bits per heavy atom. The van der Waals surface area contributed by atoms with E-state index < -0.39 is 0 Å². The summed E-state index contributed by atoms with van der Waals surface area (Å²) in [5.41, 5.74) is 16.5. The van der Waals surface area contributed by atoms with Crippen molar-refractivity contribution in [3.8, 4) is 73.1 Å². The van der Waals surface area contributed by atoms with Gasteiger partial charge in [-0.25, -0.2) is 9.97 Å². The van der Waals surface area contributed by atoms with Crippen molar-refractivity contribution in [2.24, 2.45) is 0 Å². The first-order valence-electron chi connectivity index (χ1n) is 20.8. The second-order valence-corrected chi connectivity index (χ2v) is 15.6. The number of hydrogen-bond acceptors (Lipinski definition) is 4. The molecule has 4 aromatic heterocycles. The van der Waals surface area contributed by atoms with Crippen molar-refractivity contribution >= 4 is 43.7 Å². The zero-order valence-corrected chi connectivity index (χ0v) is 33.5. The van der Waals surface area contributed by atoms with Crippen LogP contribution in [0.1, 0.15) is 0 Å². The summed E-state index contributed by atoms with van der Waals surface area (Å²) in [5.74, 6) is 0.640. The van der Waals surface area contributed by atoms with Crippen LogP contribution in [0, 0.1) is 0 Å². The van der Waals surface area contributed by atoms with Gasteiger partial charge in [0.1, 0.15) is 11.2 Å². The fraction of sp³-hybridized carbons (Fsp3) is 0. The molecule has 12 rings (SSSR count). The van der Waals surface area contributed by atoms with E-state index in [2.05, 4.69) is 185 Å². The first-order chi connectivity index (χ1) is 30.7. The van der Waals surface area contributed by atoms with Crippen LogP contribution in [0.15, 0.2) is 223 Å². The van der Waals surface area contributed by atoms with Crippen LogP contribution in [0.5, 0.6) is 0 Å². The minimum Gasteiger partial charge on any atom is -0.456 e. The maximum Gasteiger partial charge on any atom is 0.160 e. The molecule has 12 aromatic rings. The summed E-state index contributed by atoms with van der Waals surface area (Å²) < 4.78 is 8.46. The van der Waals surface area contributed by atoms with Gasteiger partial charge in [-0.1, -0.05) is 140 Å². The smallest absolute Gasteiger partial charge is 0.160 e. The van der Waals surface area contributed by atoms with Crippen LogP contribution in [0.3, 0.4) is 0 Å². The highest BCUT2D eigenvalue weighted by Gasteiger charge is 2.17. The molecule has 0 saturated carbocycles. The lowest BCUT2D eigenvalue weighted by molar-refractivity contribution is 0.669. The molecule has 0 spiro atoms. The van der Waals surface area contributed by atoms with Crippen LogP contribution in [0.2, 0.25) is 0 Å². The Morgan fingerprint density at radius 2 is 0.839 bits per heavy atom. The van der Waals surface area contributed by atoms with Crippen molar-refractivity contribution in [1.29, 1.82) is 0 Å². The quantitative estimate of drug-likeness (QED) is 0.161. The van der Waals surface area contributed by atoms with Crippen molar-refractivity contribution in [3.05, 3.63) is 219 Å². The van der Waals surface area contributed by atoms with Gasteiger partial charge in [0.15, 0.2) is 5.82 Å². The minimum absolute atomic E-state index is 0.640. The molecule has 4 heterocycles. The summed E-state index contributed by atoms with van der Waals surface area (Å²) in [5, 5.41) is 4.65. The number of fused-ring (bicyclic) bond motifs is 6. The maximum atomic E-state index is 6.09. The Bertz CT molecular complexity index is 3500. The number of nitrogens with zero attached hydrogens (tertiary/aromatic N) is 4. The summed E-state index contributed by atoms with van der Waals surface area (Å²) in [7, 11) is 0. The predicted octanol–water partition coefficient (Wildman–Crippen LogP) is 14.9. The van der Waals surface area contributed by atoms with Crippen LogP contribution in [-0.4, -0.2) is 19.5 Å². The molecule has 0 amide bonds. The lowest BCUT2D eigenvalue weighted by atomic mass is 10.0. The fourth-order valence-corrected chi connectivity index (χ4v) is 8.79. The lowest BCUT2D eigenvalue weighted by Gasteiger charge is -2.12. The number of benzene rings is 8. The van der Waals surface area contributed by atoms with E-state index in [1.807, 2.05) is 36.4 Å². The van der Waals surface area contributed by atoms with Gasteiger partial charge in [0.05, 0.1) is 28.1 Å². The molecule has 0 bridgehead atoms. The van der Waals surface area contributed by atoms with Gasteiger partial charge in [0, 0.05) is 44.6 Å². The van der Waals surface area contributed by atoms with E-state index in [-0.39, 0.29) is 0 Å². The highest BCUT2D eigenvalue weighted by atomic mass is 16.3. The molecule has 0 fully saturated rings. The molecule has 8 aromatic carbocycles. The molecule has 0 unspecified atom stereocenters. The van der Waals surface area contributed by atoms with Crippen LogP contribution in [-0.2, 0) is 0 Å². The molecule has 0 radical (unpaired) electrons. The van der Waals surface area contributed by atoms with E-state index in [1.54, 1.807) is 6.20 Å². The lowest BCUT2D eigenvalue weighted by Crippen LogP contribution is -1.98. The first kappa shape index (κ1) is 35.5. The zero-order chi connectivity index (χ0) is 41.0. The average Bonchev–Trinajstić information content (AvgIpc) is 3.89. The van der Waals surface area contributed by atoms with Gasteiger partial charge >= 0.3 is 0 Å². The van der Waals surface area contributed by atoms with Gasteiger partial charge in [0.25, 0.3) is 0 Å². The molecule has 290 valence electrons. The number of pyridine rings is 1. The Morgan fingerprint density at radius 3 is 1.50 bits per heavy atom. The van der Waals surface area contributed by atoms with Crippen LogP contribution in [0.4, 0.5) is 0 Å². The number of furan rings is 1. The van der Waals surface area contributed by atoms with Gasteiger partial charge < -0.3 is 8.98 Å². The van der Waals surface area contributed by atoms with E-state index >= 15 is 0 Å². The van der Waals surface area contributed by atoms with Gasteiger partial charge in [-0.15, -0.1) is 0 Å². The molecule has 62 heavy (non-hydrogen) atoms. The molecule has 0 saturated heterocycles. The van der Waals surface area contributed by atoms with Crippen LogP contribution in [0.25, 0.3) is 117 Å². The molecule has 0 atom stereocenters. The zero-order valence-electron chi connectivity index (χ0n) is 33.5. The fourth-order valence-electron chi connectivity index (χ4n) is 8.79. The van der Waals surface area contributed by atoms with Crippen molar-refractivity contribution in [3.63, 3.8) is 0 Å². The number of rotatable bonds is 7. The summed E-state index contributed by atoms with van der Waals surface area (Å²) in [6, 6.07) is 74.6. The highest BCUT2D eigenvalue weighted by molar-refractivity contribution is 6.12. The van der Waals surface area contributed by atoms with Crippen molar-refractivity contribution in [2.45, 2.75) is 0 Å². The van der Waals surface area contributed by atoms with Crippen LogP contribution < -0.4 is 0 Å². The third kappa shape index (κ3) is 6.23. The topological polar surface area (TPSA) is 56.7 Å². The summed E-state index contributed by atoms with van der Waals surface area (Å²) in [4.78, 5) is 14.9. The van der Waals surface area contributed by atoms with Gasteiger partial charge in [-0.2, -0.15) is 0 Å². The first-order valence-corrected chi connectivity index (χ1v) is 20.8. The molecule has 0 aliphatic carbocycles. The Kier molecular flexibility index (Phi) is 8.42. The third-order valence-electron chi connectivity index (χ3n) is 11.9. The van der Waals surface area contributed by atoms with E-state index in [0.717, 1.165) is 78.0 Å². The van der Waals surface area contributed by atoms with Gasteiger partial charge in [-0.05, 0) is 106 Å². The standard InChI is InChI=1S/C57H36N4O/c1-3-11-37(12-4-1)42-24-29-53-47(33-42)48-34-43(38-13-5-2-6-14-38)25-30-54(48)61(53)45-27-22-40(23-28-45)51-36-52(50-16-9-10-32-58-50)60-57(59-51)41-20-18-39(19-21-41)44-26-31-56-49(35-44)46-15-7-8-17-55(46)62-56/h1-36H. The van der Waals surface area contributed by atoms with E-state index in [9.17, 15) is 0 Å². The Hall–Kier alpha value is -8.41. The molecular weight excluding hydrogens is 757 g/mol. The van der Waals surface area contributed by atoms with Gasteiger partial charge in [0.2, 0.25) is 0 Å². The largest absolute Gasteiger partial charge is 0.456 e. The molecule has 0 aliphatic rings. The molecule has 5 nitrogen and oxygen atoms in total. The summed E-state index contributed by atoms with van der Waals surface area (Å²) in [6.07, 6.45) is 1.80. The second-order valence-electron chi connectivity index (χ2n) is 15.6. The van der Waals surface area contributed by atoms with Crippen molar-refractivity contribution in [2.75, 3.05) is 0 Å². The molecule has 5 heteroatoms. The third-order valence-corrected chi connectivity index (χ3v) is 11.9. The predicted molar refractivity (Wildman–Crippen MR) is 254 cm³/mol. The summed E-state index contributed by atoms with van der Waals surface area (Å²) >= 11 is 0. The Labute approximate surface area is 357 Å². The summed E-state index contributed by atoms with van der Waals surface area (Å²) in [6.45, 7) is 0. The number of hydrogen-bond donors (Lipinski definition) is 0. The maximum absolute atomic E-state index is 6.09. The SMILES string of the molecule is c1ccc(-c2ccc3c(c2)c2cc(-c4ccccc4)ccc2n3-c2ccc(-c3cc(-c4ccccn4)nc(-c4ccc(-c5ccc6oc7ccccc7c6c5)cc4)n3)cc2)cc1. The van der Waals surface area contributed by atoms with E-state index in [0.29, 0.717) is 5.82 Å². The van der Waals surface area contributed by atoms with Crippen molar-refractivity contribution in [1.82, 2.24) is 19.5 Å². The van der Waals surface area contributed by atoms with Gasteiger partial charge in [-0.3, -0.25) is 4.98 Å². The van der Waals surface area contributed by atoms with E-state index in [4.69, 9.17) is 14.4 Å². The normalized spacial score (nSPS) is 11.5. The van der Waals surface area contributed by atoms with Crippen molar-refractivity contribution < 1.29 is 4.42 Å². The number of aromatic nitrogens is 4. The monoisotopic (exact) mass is 792 g/mol. The average molecular weight is 793 g/mol. The minimum atomic E-state index is 0.640. The number of para-hydroxylation sites is 1. The highest BCUT2D eigenvalue weighted by Crippen LogP contribution is 2.38. The molecule has 0 N–H and O–H groups in total. The molecule has 0 aliphatic heterocycles. The second kappa shape index (κ2) is 14.7. The Balaban J connectivity index is 0.936. The van der Waals surface area contributed by atoms with E-state index in [1.165, 1.54) is 33.0 Å².